The van der Waals surface area contributed by atoms with Gasteiger partial charge in [-0.05, 0) is 37.1 Å². The molecule has 8 nitrogen and oxygen atoms in total. The number of hydrogen-bond acceptors (Lipinski definition) is 6. The van der Waals surface area contributed by atoms with Crippen LogP contribution in [0.4, 0.5) is 20.2 Å². The number of hydrogen-bond donors (Lipinski definition) is 1. The summed E-state index contributed by atoms with van der Waals surface area (Å²) in [4.78, 5) is 18.8. The standard InChI is InChI=1S/C8H8FNO3.C7H6FNO3/c1-5-3-6(9)7(10(11)12)4-8(5)13-2;1-4-2-5(8)6(9(11)12)3-7(4)10/h3-4H,1-2H3;2-3,10H,1H3. The van der Waals surface area contributed by atoms with Gasteiger partial charge in [0.1, 0.15) is 11.5 Å². The molecule has 0 aromatic heterocycles. The van der Waals surface area contributed by atoms with Crippen molar-refractivity contribution in [3.05, 3.63) is 67.3 Å². The Morgan fingerprint density at radius 3 is 1.80 bits per heavy atom. The number of halogens is 2. The Kier molecular flexibility index (Phi) is 6.31. The topological polar surface area (TPSA) is 116 Å². The highest BCUT2D eigenvalue weighted by molar-refractivity contribution is 5.45. The maximum Gasteiger partial charge on any atom is 0.308 e. The van der Waals surface area contributed by atoms with Gasteiger partial charge in [0.05, 0.1) is 29.1 Å². The Labute approximate surface area is 140 Å². The Morgan fingerprint density at radius 2 is 1.36 bits per heavy atom. The summed E-state index contributed by atoms with van der Waals surface area (Å²) >= 11 is 0. The fraction of sp³-hybridized carbons (Fsp3) is 0.200. The lowest BCUT2D eigenvalue weighted by molar-refractivity contribution is -0.387. The third-order valence-corrected chi connectivity index (χ3v) is 3.12. The molecule has 0 radical (unpaired) electrons. The van der Waals surface area contributed by atoms with Crippen LogP contribution in [0.3, 0.4) is 0 Å². The van der Waals surface area contributed by atoms with Crippen molar-refractivity contribution in [2.75, 3.05) is 7.11 Å². The molecule has 0 saturated carbocycles. The van der Waals surface area contributed by atoms with Gasteiger partial charge in [0.15, 0.2) is 0 Å². The minimum Gasteiger partial charge on any atom is -0.507 e. The highest BCUT2D eigenvalue weighted by Gasteiger charge is 2.17. The predicted octanol–water partition coefficient (Wildman–Crippen LogP) is 3.80. The van der Waals surface area contributed by atoms with Gasteiger partial charge in [-0.25, -0.2) is 0 Å². The van der Waals surface area contributed by atoms with E-state index in [1.807, 2.05) is 0 Å². The van der Waals surface area contributed by atoms with E-state index in [1.165, 1.54) is 14.0 Å². The molecule has 0 aliphatic rings. The average molecular weight is 356 g/mol. The smallest absolute Gasteiger partial charge is 0.308 e. The van der Waals surface area contributed by atoms with Crippen LogP contribution in [0.15, 0.2) is 24.3 Å². The lowest BCUT2D eigenvalue weighted by Gasteiger charge is -2.03. The second-order valence-electron chi connectivity index (χ2n) is 4.88. The first-order valence-electron chi connectivity index (χ1n) is 6.70. The first-order chi connectivity index (χ1) is 11.6. The van der Waals surface area contributed by atoms with Gasteiger partial charge in [-0.3, -0.25) is 20.2 Å². The Balaban J connectivity index is 0.000000251. The van der Waals surface area contributed by atoms with E-state index in [9.17, 15) is 29.0 Å². The molecule has 10 heteroatoms. The lowest BCUT2D eigenvalue weighted by Crippen LogP contribution is -1.95. The van der Waals surface area contributed by atoms with Crippen LogP contribution in [0, 0.1) is 45.7 Å². The van der Waals surface area contributed by atoms with Crippen LogP contribution in [0.2, 0.25) is 0 Å². The summed E-state index contributed by atoms with van der Waals surface area (Å²) in [5.41, 5.74) is -0.468. The summed E-state index contributed by atoms with van der Waals surface area (Å²) in [6.07, 6.45) is 0. The zero-order valence-electron chi connectivity index (χ0n) is 13.4. The van der Waals surface area contributed by atoms with E-state index in [-0.39, 0.29) is 11.3 Å². The molecule has 0 unspecified atom stereocenters. The Morgan fingerprint density at radius 1 is 0.920 bits per heavy atom. The zero-order chi connectivity index (χ0) is 19.3. The van der Waals surface area contributed by atoms with Gasteiger partial charge in [0.2, 0.25) is 11.6 Å². The molecule has 2 aromatic carbocycles. The Bertz CT molecular complexity index is 826. The molecule has 0 saturated heterocycles. The van der Waals surface area contributed by atoms with Crippen molar-refractivity contribution in [1.82, 2.24) is 0 Å². The SMILES string of the molecule is COc1cc([N+](=O)[O-])c(F)cc1C.Cc1cc(F)c([N+](=O)[O-])cc1O. The second kappa shape index (κ2) is 7.99. The summed E-state index contributed by atoms with van der Waals surface area (Å²) in [6, 6.07) is 3.87. The number of benzene rings is 2. The number of aryl methyl sites for hydroxylation is 2. The number of phenolic OH excluding ortho intramolecular Hbond substituents is 1. The number of nitro benzene ring substituents is 2. The quantitative estimate of drug-likeness (QED) is 0.660. The van der Waals surface area contributed by atoms with Crippen LogP contribution in [-0.2, 0) is 0 Å². The number of nitrogens with zero attached hydrogens (tertiary/aromatic N) is 2. The summed E-state index contributed by atoms with van der Waals surface area (Å²) in [6.45, 7) is 3.08. The van der Waals surface area contributed by atoms with E-state index in [1.54, 1.807) is 6.92 Å². The van der Waals surface area contributed by atoms with Gasteiger partial charge in [-0.15, -0.1) is 0 Å². The van der Waals surface area contributed by atoms with E-state index >= 15 is 0 Å². The number of rotatable bonds is 3. The second-order valence-corrected chi connectivity index (χ2v) is 4.88. The first-order valence-corrected chi connectivity index (χ1v) is 6.70. The summed E-state index contributed by atoms with van der Waals surface area (Å²) in [7, 11) is 1.38. The third kappa shape index (κ3) is 4.83. The maximum absolute atomic E-state index is 12.9. The van der Waals surface area contributed by atoms with Crippen molar-refractivity contribution in [2.24, 2.45) is 0 Å². The number of phenols is 1. The molecule has 1 N–H and O–H groups in total. The van der Waals surface area contributed by atoms with E-state index in [0.717, 1.165) is 24.3 Å². The molecule has 0 spiro atoms. The third-order valence-electron chi connectivity index (χ3n) is 3.12. The van der Waals surface area contributed by atoms with Gasteiger partial charge in [0, 0.05) is 0 Å². The number of nitro groups is 2. The van der Waals surface area contributed by atoms with Crippen molar-refractivity contribution in [3.63, 3.8) is 0 Å². The molecule has 0 fully saturated rings. The van der Waals surface area contributed by atoms with Crippen molar-refractivity contribution >= 4 is 11.4 Å². The van der Waals surface area contributed by atoms with Crippen LogP contribution in [0.5, 0.6) is 11.5 Å². The van der Waals surface area contributed by atoms with E-state index < -0.39 is 32.9 Å². The minimum atomic E-state index is -0.935. The molecule has 0 aliphatic heterocycles. The van der Waals surface area contributed by atoms with Gasteiger partial charge in [-0.2, -0.15) is 8.78 Å². The van der Waals surface area contributed by atoms with E-state index in [2.05, 4.69) is 0 Å². The van der Waals surface area contributed by atoms with Crippen molar-refractivity contribution in [3.8, 4) is 11.5 Å². The fourth-order valence-corrected chi connectivity index (χ4v) is 1.79. The number of ether oxygens (including phenoxy) is 1. The molecule has 0 amide bonds. The molecule has 0 heterocycles. The first kappa shape index (κ1) is 19.7. The molecule has 0 bridgehead atoms. The summed E-state index contributed by atoms with van der Waals surface area (Å²) < 4.78 is 30.5. The molecule has 0 atom stereocenters. The summed E-state index contributed by atoms with van der Waals surface area (Å²) in [5.74, 6) is -1.74. The highest BCUT2D eigenvalue weighted by atomic mass is 19.1. The fourth-order valence-electron chi connectivity index (χ4n) is 1.79. The minimum absolute atomic E-state index is 0.275. The molecular weight excluding hydrogens is 342 g/mol. The van der Waals surface area contributed by atoms with Gasteiger partial charge >= 0.3 is 11.4 Å². The van der Waals surface area contributed by atoms with Crippen LogP contribution < -0.4 is 4.74 Å². The molecule has 25 heavy (non-hydrogen) atoms. The Hall–Kier alpha value is -3.30. The van der Waals surface area contributed by atoms with Crippen molar-refractivity contribution in [1.29, 1.82) is 0 Å². The molecule has 0 aliphatic carbocycles. The maximum atomic E-state index is 12.9. The normalized spacial score (nSPS) is 9.80. The van der Waals surface area contributed by atoms with Gasteiger partial charge in [0.25, 0.3) is 0 Å². The van der Waals surface area contributed by atoms with Crippen LogP contribution >= 0.6 is 0 Å². The largest absolute Gasteiger partial charge is 0.507 e. The lowest BCUT2D eigenvalue weighted by atomic mass is 10.2. The monoisotopic (exact) mass is 356 g/mol. The van der Waals surface area contributed by atoms with Gasteiger partial charge in [-0.1, -0.05) is 0 Å². The van der Waals surface area contributed by atoms with Crippen LogP contribution in [0.1, 0.15) is 11.1 Å². The van der Waals surface area contributed by atoms with Gasteiger partial charge < -0.3 is 9.84 Å². The van der Waals surface area contributed by atoms with E-state index in [0.29, 0.717) is 11.3 Å². The van der Waals surface area contributed by atoms with Crippen LogP contribution in [0.25, 0.3) is 0 Å². The number of methoxy groups -OCH3 is 1. The zero-order valence-corrected chi connectivity index (χ0v) is 13.4. The molecular formula is C15H14F2N2O6. The molecule has 134 valence electrons. The highest BCUT2D eigenvalue weighted by Crippen LogP contribution is 2.27. The predicted molar refractivity (Wildman–Crippen MR) is 83.8 cm³/mol. The molecule has 2 rings (SSSR count). The summed E-state index contributed by atoms with van der Waals surface area (Å²) in [5, 5.41) is 29.5. The van der Waals surface area contributed by atoms with E-state index in [4.69, 9.17) is 9.84 Å². The number of aromatic hydroxyl groups is 1. The van der Waals surface area contributed by atoms with Crippen LogP contribution in [-0.4, -0.2) is 22.1 Å². The molecule has 2 aromatic rings. The average Bonchev–Trinajstić information content (AvgIpc) is 2.51. The van der Waals surface area contributed by atoms with Crippen molar-refractivity contribution in [2.45, 2.75) is 13.8 Å². The van der Waals surface area contributed by atoms with Crippen molar-refractivity contribution < 1.29 is 28.5 Å².